The van der Waals surface area contributed by atoms with Crippen LogP contribution in [0, 0.1) is 11.8 Å². The molecule has 1 fully saturated rings. The number of imide groups is 3. The van der Waals surface area contributed by atoms with E-state index in [-0.39, 0.29) is 47.3 Å². The third kappa shape index (κ3) is 8.09. The maximum Gasteiger partial charge on any atom is 0.259 e. The SMILES string of the molecule is CC(C)C1=CC(=O)NC1=O.O=C1C=C(Cc2ccccc2)C(=O)N1.O=C1NC(=O)C(C2CCCCC2)=C1c1ccccc1. The lowest BCUT2D eigenvalue weighted by Crippen LogP contribution is -2.25. The zero-order valence-corrected chi connectivity index (χ0v) is 24.3. The summed E-state index contributed by atoms with van der Waals surface area (Å²) in [6.45, 7) is 3.76. The van der Waals surface area contributed by atoms with Gasteiger partial charge in [-0.25, -0.2) is 0 Å². The fourth-order valence-corrected chi connectivity index (χ4v) is 5.40. The molecule has 222 valence electrons. The molecule has 0 atom stereocenters. The van der Waals surface area contributed by atoms with Crippen molar-refractivity contribution in [2.45, 2.75) is 52.4 Å². The van der Waals surface area contributed by atoms with Crippen molar-refractivity contribution in [3.05, 3.63) is 101 Å². The second-order valence-corrected chi connectivity index (χ2v) is 11.0. The molecule has 0 saturated heterocycles. The first kappa shape index (κ1) is 31.0. The highest BCUT2D eigenvalue weighted by molar-refractivity contribution is 6.36. The minimum atomic E-state index is -0.319. The van der Waals surface area contributed by atoms with E-state index in [2.05, 4.69) is 16.0 Å². The van der Waals surface area contributed by atoms with E-state index in [0.717, 1.165) is 42.4 Å². The first-order valence-corrected chi connectivity index (χ1v) is 14.5. The van der Waals surface area contributed by atoms with Crippen molar-refractivity contribution < 1.29 is 28.8 Å². The van der Waals surface area contributed by atoms with E-state index in [4.69, 9.17) is 0 Å². The van der Waals surface area contributed by atoms with Crippen LogP contribution >= 0.6 is 0 Å². The monoisotopic (exact) mass is 581 g/mol. The average Bonchev–Trinajstić information content (AvgIpc) is 3.62. The van der Waals surface area contributed by atoms with Gasteiger partial charge in [-0.15, -0.1) is 0 Å². The van der Waals surface area contributed by atoms with E-state index < -0.39 is 0 Å². The van der Waals surface area contributed by atoms with Gasteiger partial charge in [0.1, 0.15) is 0 Å². The second kappa shape index (κ2) is 14.3. The van der Waals surface area contributed by atoms with Crippen molar-refractivity contribution in [2.75, 3.05) is 0 Å². The number of hydrogen-bond donors (Lipinski definition) is 3. The van der Waals surface area contributed by atoms with Crippen molar-refractivity contribution in [1.29, 1.82) is 0 Å². The van der Waals surface area contributed by atoms with E-state index >= 15 is 0 Å². The molecule has 1 saturated carbocycles. The van der Waals surface area contributed by atoms with Crippen molar-refractivity contribution in [2.24, 2.45) is 11.8 Å². The summed E-state index contributed by atoms with van der Waals surface area (Å²) in [5.74, 6) is -1.19. The van der Waals surface area contributed by atoms with Gasteiger partial charge in [-0.1, -0.05) is 93.8 Å². The summed E-state index contributed by atoms with van der Waals surface area (Å²) in [4.78, 5) is 67.5. The number of benzene rings is 2. The zero-order valence-electron chi connectivity index (χ0n) is 24.3. The number of nitrogens with one attached hydrogen (secondary N) is 3. The Labute approximate surface area is 250 Å². The first-order valence-electron chi connectivity index (χ1n) is 14.5. The van der Waals surface area contributed by atoms with Gasteiger partial charge < -0.3 is 0 Å². The molecule has 3 heterocycles. The molecule has 0 bridgehead atoms. The first-order chi connectivity index (χ1) is 20.6. The molecule has 4 aliphatic rings. The van der Waals surface area contributed by atoms with E-state index in [1.54, 1.807) is 0 Å². The number of carbonyl (C=O) groups is 6. The van der Waals surface area contributed by atoms with Crippen LogP contribution in [0.5, 0.6) is 0 Å². The van der Waals surface area contributed by atoms with E-state index in [1.165, 1.54) is 18.6 Å². The van der Waals surface area contributed by atoms with Gasteiger partial charge in [0, 0.05) is 35.3 Å². The van der Waals surface area contributed by atoms with E-state index in [0.29, 0.717) is 23.1 Å². The summed E-state index contributed by atoms with van der Waals surface area (Å²) in [7, 11) is 0. The Morgan fingerprint density at radius 1 is 0.651 bits per heavy atom. The van der Waals surface area contributed by atoms with Gasteiger partial charge >= 0.3 is 0 Å². The molecule has 9 nitrogen and oxygen atoms in total. The quantitative estimate of drug-likeness (QED) is 0.460. The van der Waals surface area contributed by atoms with Crippen molar-refractivity contribution in [3.63, 3.8) is 0 Å². The highest BCUT2D eigenvalue weighted by Crippen LogP contribution is 2.36. The molecule has 43 heavy (non-hydrogen) atoms. The molecule has 0 spiro atoms. The van der Waals surface area contributed by atoms with Gasteiger partial charge in [-0.2, -0.15) is 0 Å². The molecule has 3 N–H and O–H groups in total. The molecule has 3 aliphatic heterocycles. The van der Waals surface area contributed by atoms with Crippen LogP contribution in [0.2, 0.25) is 0 Å². The van der Waals surface area contributed by atoms with Crippen LogP contribution < -0.4 is 16.0 Å². The van der Waals surface area contributed by atoms with Crippen LogP contribution in [0.4, 0.5) is 0 Å². The number of rotatable bonds is 5. The van der Waals surface area contributed by atoms with E-state index in [1.807, 2.05) is 74.5 Å². The van der Waals surface area contributed by atoms with Crippen LogP contribution in [-0.2, 0) is 35.2 Å². The van der Waals surface area contributed by atoms with Crippen LogP contribution in [-0.4, -0.2) is 35.4 Å². The lowest BCUT2D eigenvalue weighted by Gasteiger charge is -2.22. The lowest BCUT2D eigenvalue weighted by atomic mass is 9.81. The maximum absolute atomic E-state index is 12.1. The smallest absolute Gasteiger partial charge is 0.259 e. The third-order valence-corrected chi connectivity index (χ3v) is 7.52. The van der Waals surface area contributed by atoms with Gasteiger partial charge in [0.2, 0.25) is 0 Å². The average molecular weight is 582 g/mol. The van der Waals surface area contributed by atoms with Crippen molar-refractivity contribution in [1.82, 2.24) is 16.0 Å². The molecule has 2 aromatic rings. The number of carbonyl (C=O) groups excluding carboxylic acids is 6. The van der Waals surface area contributed by atoms with Gasteiger partial charge in [0.15, 0.2) is 0 Å². The molecular weight excluding hydrogens is 546 g/mol. The maximum atomic E-state index is 12.1. The highest BCUT2D eigenvalue weighted by atomic mass is 16.2. The van der Waals surface area contributed by atoms with Crippen LogP contribution in [0.3, 0.4) is 0 Å². The third-order valence-electron chi connectivity index (χ3n) is 7.52. The minimum Gasteiger partial charge on any atom is -0.289 e. The fraction of sp³-hybridized carbons (Fsp3) is 0.294. The van der Waals surface area contributed by atoms with Crippen LogP contribution in [0.1, 0.15) is 57.1 Å². The molecule has 2 aromatic carbocycles. The molecule has 0 unspecified atom stereocenters. The van der Waals surface area contributed by atoms with Gasteiger partial charge in [-0.05, 0) is 35.8 Å². The minimum absolute atomic E-state index is 0.131. The summed E-state index contributed by atoms with van der Waals surface area (Å²) < 4.78 is 0. The van der Waals surface area contributed by atoms with Crippen LogP contribution in [0.25, 0.3) is 5.57 Å². The van der Waals surface area contributed by atoms with Gasteiger partial charge in [-0.3, -0.25) is 44.7 Å². The van der Waals surface area contributed by atoms with Gasteiger partial charge in [0.05, 0.1) is 5.57 Å². The Morgan fingerprint density at radius 3 is 1.74 bits per heavy atom. The second-order valence-electron chi connectivity index (χ2n) is 11.0. The molecule has 0 radical (unpaired) electrons. The molecule has 1 aliphatic carbocycles. The Hall–Kier alpha value is -4.92. The standard InChI is InChI=1S/C16H17NO2.C11H9NO2.C7H9NO2/c18-15-13(11-7-3-1-4-8-11)14(16(19)17-15)12-9-5-2-6-10-12;13-10-7-9(11(14)12-10)6-8-4-2-1-3-5-8;1-4(2)5-3-6(9)8-7(5)10/h1,3-4,7-8,12H,2,5-6,9-10H2,(H,17,18,19);1-5,7H,6H2,(H,12,13,14);3-4H,1-2H3,(H,8,9,10). The molecule has 0 aromatic heterocycles. The number of amides is 6. The Balaban J connectivity index is 0.000000156. The lowest BCUT2D eigenvalue weighted by molar-refractivity contribution is -0.125. The summed E-state index contributed by atoms with van der Waals surface area (Å²) in [5.41, 5.74) is 4.30. The van der Waals surface area contributed by atoms with Crippen molar-refractivity contribution in [3.8, 4) is 0 Å². The largest absolute Gasteiger partial charge is 0.289 e. The highest BCUT2D eigenvalue weighted by Gasteiger charge is 2.36. The zero-order chi connectivity index (χ0) is 30.9. The van der Waals surface area contributed by atoms with E-state index in [9.17, 15) is 28.8 Å². The predicted molar refractivity (Wildman–Crippen MR) is 161 cm³/mol. The molecule has 6 rings (SSSR count). The van der Waals surface area contributed by atoms with Crippen LogP contribution in [0.15, 0.2) is 89.5 Å². The summed E-state index contributed by atoms with van der Waals surface area (Å²) in [5, 5.41) is 6.86. The predicted octanol–water partition coefficient (Wildman–Crippen LogP) is 3.71. The number of hydrogen-bond acceptors (Lipinski definition) is 6. The summed E-state index contributed by atoms with van der Waals surface area (Å²) >= 11 is 0. The molecule has 9 heteroatoms. The Kier molecular flexibility index (Phi) is 10.3. The molecular formula is C34H35N3O6. The molecule has 6 amide bonds. The summed E-state index contributed by atoms with van der Waals surface area (Å²) in [6, 6.07) is 19.1. The Morgan fingerprint density at radius 2 is 1.23 bits per heavy atom. The van der Waals surface area contributed by atoms with Crippen molar-refractivity contribution >= 4 is 41.0 Å². The topological polar surface area (TPSA) is 139 Å². The fourth-order valence-electron chi connectivity index (χ4n) is 5.40. The Bertz CT molecular complexity index is 1510. The summed E-state index contributed by atoms with van der Waals surface area (Å²) in [6.07, 6.45) is 8.80. The normalized spacial score (nSPS) is 18.3. The van der Waals surface area contributed by atoms with Gasteiger partial charge in [0.25, 0.3) is 35.4 Å².